The minimum Gasteiger partial charge on any atom is -0.493 e. The molecule has 0 unspecified atom stereocenters. The Kier molecular flexibility index (Phi) is 6.83. The van der Waals surface area contributed by atoms with E-state index < -0.39 is 0 Å². The van der Waals surface area contributed by atoms with Crippen LogP contribution in [-0.2, 0) is 6.42 Å². The van der Waals surface area contributed by atoms with Crippen molar-refractivity contribution in [3.63, 3.8) is 0 Å². The lowest BCUT2D eigenvalue weighted by molar-refractivity contribution is 0.0838. The maximum Gasteiger partial charge on any atom is 0.260 e. The molecule has 2 aliphatic heterocycles. The van der Waals surface area contributed by atoms with Gasteiger partial charge in [0.15, 0.2) is 11.5 Å². The van der Waals surface area contributed by atoms with Crippen LogP contribution in [0.5, 0.6) is 17.2 Å². The van der Waals surface area contributed by atoms with Crippen molar-refractivity contribution in [3.05, 3.63) is 53.6 Å². The highest BCUT2D eigenvalue weighted by Crippen LogP contribution is 2.38. The summed E-state index contributed by atoms with van der Waals surface area (Å²) in [7, 11) is 4.65. The maximum absolute atomic E-state index is 13.4. The van der Waals surface area contributed by atoms with Gasteiger partial charge in [-0.05, 0) is 42.9 Å². The molecule has 0 aliphatic carbocycles. The van der Waals surface area contributed by atoms with Crippen molar-refractivity contribution < 1.29 is 19.0 Å². The largest absolute Gasteiger partial charge is 0.493 e. The van der Waals surface area contributed by atoms with Gasteiger partial charge in [0.1, 0.15) is 0 Å². The van der Waals surface area contributed by atoms with Gasteiger partial charge in [0.25, 0.3) is 5.91 Å². The number of ether oxygens (including phenoxy) is 3. The number of piperidine rings is 1. The summed E-state index contributed by atoms with van der Waals surface area (Å²) in [5.41, 5.74) is 1.89. The highest BCUT2D eigenvalue weighted by molar-refractivity contribution is 6.07. The molecule has 32 heavy (non-hydrogen) atoms. The van der Waals surface area contributed by atoms with Crippen molar-refractivity contribution >= 4 is 11.9 Å². The third-order valence-corrected chi connectivity index (χ3v) is 6.24. The second-order valence-corrected chi connectivity index (χ2v) is 8.17. The zero-order valence-corrected chi connectivity index (χ0v) is 19.0. The number of benzene rings is 2. The quantitative estimate of drug-likeness (QED) is 0.692. The van der Waals surface area contributed by atoms with E-state index in [-0.39, 0.29) is 5.91 Å². The van der Waals surface area contributed by atoms with Crippen molar-refractivity contribution in [2.24, 2.45) is 10.9 Å². The number of rotatable bonds is 6. The summed E-state index contributed by atoms with van der Waals surface area (Å²) in [6, 6.07) is 14.1. The van der Waals surface area contributed by atoms with Gasteiger partial charge >= 0.3 is 0 Å². The lowest BCUT2D eigenvalue weighted by atomic mass is 9.90. The van der Waals surface area contributed by atoms with E-state index in [2.05, 4.69) is 40.2 Å². The highest BCUT2D eigenvalue weighted by Gasteiger charge is 2.32. The van der Waals surface area contributed by atoms with Crippen LogP contribution in [0.4, 0.5) is 0 Å². The van der Waals surface area contributed by atoms with E-state index >= 15 is 0 Å². The Hall–Kier alpha value is -3.22. The molecule has 7 heteroatoms. The van der Waals surface area contributed by atoms with Crippen LogP contribution in [0.2, 0.25) is 0 Å². The summed E-state index contributed by atoms with van der Waals surface area (Å²) in [5.74, 6) is 2.75. The number of amides is 1. The van der Waals surface area contributed by atoms with Gasteiger partial charge in [0, 0.05) is 25.2 Å². The van der Waals surface area contributed by atoms with Gasteiger partial charge in [-0.2, -0.15) is 0 Å². The van der Waals surface area contributed by atoms with E-state index in [4.69, 9.17) is 14.2 Å². The van der Waals surface area contributed by atoms with Gasteiger partial charge < -0.3 is 19.1 Å². The minimum atomic E-state index is -0.105. The fourth-order valence-corrected chi connectivity index (χ4v) is 4.54. The molecule has 4 rings (SSSR count). The van der Waals surface area contributed by atoms with E-state index in [9.17, 15) is 4.79 Å². The normalized spacial score (nSPS) is 16.7. The van der Waals surface area contributed by atoms with Crippen LogP contribution in [0.3, 0.4) is 0 Å². The average Bonchev–Trinajstić information content (AvgIpc) is 3.33. The van der Waals surface area contributed by atoms with E-state index in [0.717, 1.165) is 38.3 Å². The van der Waals surface area contributed by atoms with Gasteiger partial charge in [-0.15, -0.1) is 0 Å². The molecular formula is C25H31N3O4. The molecule has 0 spiro atoms. The number of carbonyl (C=O) groups is 1. The zero-order chi connectivity index (χ0) is 22.5. The summed E-state index contributed by atoms with van der Waals surface area (Å²) >= 11 is 0. The third kappa shape index (κ3) is 4.52. The number of nitrogens with zero attached hydrogens (tertiary/aromatic N) is 3. The summed E-state index contributed by atoms with van der Waals surface area (Å²) < 4.78 is 16.2. The molecule has 7 nitrogen and oxygen atoms in total. The van der Waals surface area contributed by atoms with E-state index in [1.165, 1.54) is 5.56 Å². The van der Waals surface area contributed by atoms with Crippen molar-refractivity contribution in [2.75, 3.05) is 47.5 Å². The molecule has 1 saturated heterocycles. The SMILES string of the molecule is COc1cc(C(=O)N2CCN=C2N2CCC(Cc3ccccc3)CC2)cc(OC)c1OC. The lowest BCUT2D eigenvalue weighted by Crippen LogP contribution is -2.48. The predicted molar refractivity (Wildman–Crippen MR) is 124 cm³/mol. The molecule has 0 radical (unpaired) electrons. The topological polar surface area (TPSA) is 63.6 Å². The number of guanidine groups is 1. The van der Waals surface area contributed by atoms with Crippen LogP contribution in [0.15, 0.2) is 47.5 Å². The standard InChI is InChI=1S/C25H31N3O4/c1-30-21-16-20(17-22(31-2)23(21)32-3)24(29)28-14-11-26-25(28)27-12-9-19(10-13-27)15-18-7-5-4-6-8-18/h4-8,16-17,19H,9-15H2,1-3H3. The first-order chi connectivity index (χ1) is 15.6. The monoisotopic (exact) mass is 437 g/mol. The number of hydrogen-bond acceptors (Lipinski definition) is 6. The Morgan fingerprint density at radius 1 is 0.969 bits per heavy atom. The Morgan fingerprint density at radius 3 is 2.22 bits per heavy atom. The lowest BCUT2D eigenvalue weighted by Gasteiger charge is -2.36. The molecule has 0 saturated carbocycles. The van der Waals surface area contributed by atoms with Crippen molar-refractivity contribution in [2.45, 2.75) is 19.3 Å². The van der Waals surface area contributed by atoms with Crippen molar-refractivity contribution in [3.8, 4) is 17.2 Å². The second-order valence-electron chi connectivity index (χ2n) is 8.17. The molecule has 0 N–H and O–H groups in total. The number of carbonyl (C=O) groups excluding carboxylic acids is 1. The molecule has 2 aromatic rings. The van der Waals surface area contributed by atoms with Crippen LogP contribution in [0, 0.1) is 5.92 Å². The third-order valence-electron chi connectivity index (χ3n) is 6.24. The molecule has 0 atom stereocenters. The van der Waals surface area contributed by atoms with Crippen LogP contribution < -0.4 is 14.2 Å². The minimum absolute atomic E-state index is 0.105. The van der Waals surface area contributed by atoms with Gasteiger partial charge in [-0.1, -0.05) is 30.3 Å². The highest BCUT2D eigenvalue weighted by atomic mass is 16.5. The van der Waals surface area contributed by atoms with Crippen LogP contribution in [0.25, 0.3) is 0 Å². The first kappa shape index (κ1) is 22.0. The molecule has 0 aromatic heterocycles. The first-order valence-electron chi connectivity index (χ1n) is 11.1. The van der Waals surface area contributed by atoms with Crippen molar-refractivity contribution in [1.29, 1.82) is 0 Å². The van der Waals surface area contributed by atoms with E-state index in [0.29, 0.717) is 41.8 Å². The van der Waals surface area contributed by atoms with Crippen LogP contribution >= 0.6 is 0 Å². The first-order valence-corrected chi connectivity index (χ1v) is 11.1. The molecule has 2 aliphatic rings. The fourth-order valence-electron chi connectivity index (χ4n) is 4.54. The Bertz CT molecular complexity index is 943. The number of likely N-dealkylation sites (tertiary alicyclic amines) is 1. The number of aliphatic imine (C=N–C) groups is 1. The Morgan fingerprint density at radius 2 is 1.62 bits per heavy atom. The second kappa shape index (κ2) is 9.94. The van der Waals surface area contributed by atoms with E-state index in [1.807, 2.05) is 0 Å². The summed E-state index contributed by atoms with van der Waals surface area (Å²) in [4.78, 5) is 22.1. The molecule has 2 heterocycles. The number of hydrogen-bond donors (Lipinski definition) is 0. The molecule has 0 bridgehead atoms. The predicted octanol–water partition coefficient (Wildman–Crippen LogP) is 3.48. The van der Waals surface area contributed by atoms with Gasteiger partial charge in [-0.25, -0.2) is 0 Å². The summed E-state index contributed by atoms with van der Waals surface area (Å²) in [6.07, 6.45) is 3.30. The van der Waals surface area contributed by atoms with E-state index in [1.54, 1.807) is 38.4 Å². The molecule has 170 valence electrons. The summed E-state index contributed by atoms with van der Waals surface area (Å²) in [6.45, 7) is 3.02. The van der Waals surface area contributed by atoms with Gasteiger partial charge in [0.05, 0.1) is 27.9 Å². The molecule has 2 aromatic carbocycles. The molecular weight excluding hydrogens is 406 g/mol. The Labute approximate surface area is 189 Å². The maximum atomic E-state index is 13.4. The zero-order valence-electron chi connectivity index (χ0n) is 19.0. The van der Waals surface area contributed by atoms with Gasteiger partial charge in [0.2, 0.25) is 11.7 Å². The summed E-state index contributed by atoms with van der Waals surface area (Å²) in [5, 5.41) is 0. The Balaban J connectivity index is 1.44. The van der Waals surface area contributed by atoms with Gasteiger partial charge in [-0.3, -0.25) is 14.7 Å². The average molecular weight is 438 g/mol. The number of methoxy groups -OCH3 is 3. The van der Waals surface area contributed by atoms with Crippen LogP contribution in [-0.4, -0.2) is 69.2 Å². The van der Waals surface area contributed by atoms with Crippen LogP contribution in [0.1, 0.15) is 28.8 Å². The molecule has 1 fully saturated rings. The molecule has 1 amide bonds. The fraction of sp³-hybridized carbons (Fsp3) is 0.440. The smallest absolute Gasteiger partial charge is 0.260 e. The van der Waals surface area contributed by atoms with Crippen molar-refractivity contribution in [1.82, 2.24) is 9.80 Å².